The second kappa shape index (κ2) is 8.11. The van der Waals surface area contributed by atoms with E-state index < -0.39 is 6.17 Å². The number of anilines is 1. The fourth-order valence-electron chi connectivity index (χ4n) is 5.76. The highest BCUT2D eigenvalue weighted by Crippen LogP contribution is 2.53. The molecule has 1 aromatic rings. The van der Waals surface area contributed by atoms with Crippen LogP contribution in [-0.2, 0) is 0 Å². The smallest absolute Gasteiger partial charge is 0.0985 e. The topological polar surface area (TPSA) is 6.48 Å². The number of hydrogen-bond donors (Lipinski definition) is 0. The average molecular weight is 375 g/mol. The van der Waals surface area contributed by atoms with E-state index in [9.17, 15) is 4.39 Å². The van der Waals surface area contributed by atoms with E-state index >= 15 is 0 Å². The first-order valence-electron chi connectivity index (χ1n) is 10.9. The van der Waals surface area contributed by atoms with E-state index in [1.807, 2.05) is 0 Å². The maximum absolute atomic E-state index is 13.1. The SMILES string of the molecule is CC(F)CCN1CCN(c2ccccc2C2CC(C)(C)CC(C)(C)C2)CC1. The van der Waals surface area contributed by atoms with Crippen molar-refractivity contribution in [2.45, 2.75) is 72.4 Å². The number of alkyl halides is 1. The lowest BCUT2D eigenvalue weighted by molar-refractivity contribution is 0.0969. The first-order valence-corrected chi connectivity index (χ1v) is 10.9. The van der Waals surface area contributed by atoms with Crippen LogP contribution in [0.5, 0.6) is 0 Å². The lowest BCUT2D eigenvalue weighted by atomic mass is 9.60. The number of halogens is 1. The standard InChI is InChI=1S/C24H39FN2/c1-19(25)10-11-26-12-14-27(15-13-26)22-9-7-6-8-21(22)20-16-23(2,3)18-24(4,5)17-20/h6-9,19-20H,10-18H2,1-5H3. The van der Waals surface area contributed by atoms with Crippen molar-refractivity contribution in [1.29, 1.82) is 0 Å². The molecule has 2 fully saturated rings. The Morgan fingerprint density at radius 1 is 1.00 bits per heavy atom. The van der Waals surface area contributed by atoms with E-state index in [1.54, 1.807) is 12.5 Å². The molecule has 1 aliphatic carbocycles. The fraction of sp³-hybridized carbons (Fsp3) is 0.750. The molecule has 0 aromatic heterocycles. The van der Waals surface area contributed by atoms with Crippen molar-refractivity contribution in [3.63, 3.8) is 0 Å². The van der Waals surface area contributed by atoms with Gasteiger partial charge in [0.15, 0.2) is 0 Å². The molecule has 1 saturated carbocycles. The van der Waals surface area contributed by atoms with E-state index in [1.165, 1.54) is 24.9 Å². The number of benzene rings is 1. The normalized spacial score (nSPS) is 24.7. The Kier molecular flexibility index (Phi) is 6.20. The maximum Gasteiger partial charge on any atom is 0.0985 e. The Bertz CT molecular complexity index is 599. The number of hydrogen-bond acceptors (Lipinski definition) is 2. The van der Waals surface area contributed by atoms with Gasteiger partial charge < -0.3 is 4.90 Å². The van der Waals surface area contributed by atoms with Crippen molar-refractivity contribution >= 4 is 5.69 Å². The second-order valence-corrected chi connectivity index (χ2v) is 10.6. The number of para-hydroxylation sites is 1. The van der Waals surface area contributed by atoms with E-state index in [2.05, 4.69) is 61.8 Å². The molecule has 0 radical (unpaired) electrons. The van der Waals surface area contributed by atoms with Gasteiger partial charge in [-0.05, 0) is 61.0 Å². The molecule has 0 bridgehead atoms. The predicted molar refractivity (Wildman–Crippen MR) is 114 cm³/mol. The molecule has 3 rings (SSSR count). The summed E-state index contributed by atoms with van der Waals surface area (Å²) in [6.07, 6.45) is 3.83. The Morgan fingerprint density at radius 2 is 1.59 bits per heavy atom. The molecule has 1 heterocycles. The van der Waals surface area contributed by atoms with Crippen LogP contribution in [0.15, 0.2) is 24.3 Å². The highest BCUT2D eigenvalue weighted by Gasteiger charge is 2.39. The van der Waals surface area contributed by atoms with Crippen molar-refractivity contribution < 1.29 is 4.39 Å². The summed E-state index contributed by atoms with van der Waals surface area (Å²) in [6, 6.07) is 9.10. The van der Waals surface area contributed by atoms with Gasteiger partial charge in [-0.1, -0.05) is 45.9 Å². The Balaban J connectivity index is 1.72. The van der Waals surface area contributed by atoms with E-state index in [0.29, 0.717) is 23.2 Å². The van der Waals surface area contributed by atoms with Gasteiger partial charge in [0, 0.05) is 38.4 Å². The van der Waals surface area contributed by atoms with Crippen molar-refractivity contribution in [2.24, 2.45) is 10.8 Å². The number of rotatable bonds is 5. The van der Waals surface area contributed by atoms with Crippen molar-refractivity contribution in [1.82, 2.24) is 4.90 Å². The largest absolute Gasteiger partial charge is 0.369 e. The first-order chi connectivity index (χ1) is 12.7. The summed E-state index contributed by atoms with van der Waals surface area (Å²) in [6.45, 7) is 16.5. The fourth-order valence-corrected chi connectivity index (χ4v) is 5.76. The van der Waals surface area contributed by atoms with Gasteiger partial charge in [-0.3, -0.25) is 4.90 Å². The van der Waals surface area contributed by atoms with Crippen LogP contribution in [0.2, 0.25) is 0 Å². The van der Waals surface area contributed by atoms with Gasteiger partial charge in [-0.15, -0.1) is 0 Å². The molecule has 1 aromatic carbocycles. The Labute approximate surface area is 166 Å². The molecule has 0 spiro atoms. The quantitative estimate of drug-likeness (QED) is 0.635. The first kappa shape index (κ1) is 20.6. The van der Waals surface area contributed by atoms with Crippen molar-refractivity contribution in [3.8, 4) is 0 Å². The van der Waals surface area contributed by atoms with Gasteiger partial charge in [0.1, 0.15) is 0 Å². The average Bonchev–Trinajstić information content (AvgIpc) is 2.58. The number of piperazine rings is 1. The summed E-state index contributed by atoms with van der Waals surface area (Å²) in [5.41, 5.74) is 3.79. The molecule has 0 amide bonds. The van der Waals surface area contributed by atoms with Crippen molar-refractivity contribution in [2.75, 3.05) is 37.6 Å². The molecular formula is C24H39FN2. The van der Waals surface area contributed by atoms with E-state index in [0.717, 1.165) is 32.7 Å². The zero-order valence-corrected chi connectivity index (χ0v) is 18.1. The van der Waals surface area contributed by atoms with Crippen LogP contribution in [0.1, 0.15) is 71.8 Å². The van der Waals surface area contributed by atoms with Crippen LogP contribution in [0.25, 0.3) is 0 Å². The lowest BCUT2D eigenvalue weighted by Crippen LogP contribution is -2.47. The van der Waals surface area contributed by atoms with Gasteiger partial charge in [-0.2, -0.15) is 0 Å². The lowest BCUT2D eigenvalue weighted by Gasteiger charge is -2.46. The molecule has 2 nitrogen and oxygen atoms in total. The van der Waals surface area contributed by atoms with Crippen LogP contribution in [0, 0.1) is 10.8 Å². The van der Waals surface area contributed by atoms with Crippen LogP contribution >= 0.6 is 0 Å². The van der Waals surface area contributed by atoms with Crippen LogP contribution in [-0.4, -0.2) is 43.8 Å². The third-order valence-corrected chi connectivity index (χ3v) is 6.49. The molecule has 2 aliphatic rings. The highest BCUT2D eigenvalue weighted by atomic mass is 19.1. The Hall–Kier alpha value is -1.09. The van der Waals surface area contributed by atoms with Crippen LogP contribution in [0.4, 0.5) is 10.1 Å². The van der Waals surface area contributed by atoms with Crippen molar-refractivity contribution in [3.05, 3.63) is 29.8 Å². The molecule has 0 N–H and O–H groups in total. The number of nitrogens with zero attached hydrogens (tertiary/aromatic N) is 2. The minimum Gasteiger partial charge on any atom is -0.369 e. The summed E-state index contributed by atoms with van der Waals surface area (Å²) in [7, 11) is 0. The molecule has 3 heteroatoms. The van der Waals surface area contributed by atoms with Gasteiger partial charge in [0.05, 0.1) is 6.17 Å². The summed E-state index contributed by atoms with van der Waals surface area (Å²) in [4.78, 5) is 4.99. The molecule has 1 unspecified atom stereocenters. The maximum atomic E-state index is 13.1. The molecule has 1 aliphatic heterocycles. The minimum atomic E-state index is -0.693. The second-order valence-electron chi connectivity index (χ2n) is 10.6. The predicted octanol–water partition coefficient (Wildman–Crippen LogP) is 5.88. The highest BCUT2D eigenvalue weighted by molar-refractivity contribution is 5.56. The third kappa shape index (κ3) is 5.47. The van der Waals surface area contributed by atoms with Crippen LogP contribution < -0.4 is 4.90 Å². The zero-order chi connectivity index (χ0) is 19.7. The summed E-state index contributed by atoms with van der Waals surface area (Å²) >= 11 is 0. The minimum absolute atomic E-state index is 0.404. The monoisotopic (exact) mass is 374 g/mol. The van der Waals surface area contributed by atoms with Gasteiger partial charge in [-0.25, -0.2) is 4.39 Å². The van der Waals surface area contributed by atoms with Gasteiger partial charge in [0.25, 0.3) is 0 Å². The van der Waals surface area contributed by atoms with Gasteiger partial charge >= 0.3 is 0 Å². The summed E-state index contributed by atoms with van der Waals surface area (Å²) < 4.78 is 13.1. The van der Waals surface area contributed by atoms with E-state index in [-0.39, 0.29) is 0 Å². The van der Waals surface area contributed by atoms with Gasteiger partial charge in [0.2, 0.25) is 0 Å². The Morgan fingerprint density at radius 3 is 2.19 bits per heavy atom. The molecule has 1 saturated heterocycles. The molecular weight excluding hydrogens is 335 g/mol. The zero-order valence-electron chi connectivity index (χ0n) is 18.1. The molecule has 27 heavy (non-hydrogen) atoms. The molecule has 152 valence electrons. The van der Waals surface area contributed by atoms with Crippen LogP contribution in [0.3, 0.4) is 0 Å². The molecule has 1 atom stereocenters. The third-order valence-electron chi connectivity index (χ3n) is 6.49. The summed E-state index contributed by atoms with van der Waals surface area (Å²) in [5, 5.41) is 0. The van der Waals surface area contributed by atoms with E-state index in [4.69, 9.17) is 0 Å². The summed E-state index contributed by atoms with van der Waals surface area (Å²) in [5.74, 6) is 0.644.